The third-order valence-corrected chi connectivity index (χ3v) is 9.27. The van der Waals surface area contributed by atoms with Gasteiger partial charge in [-0.1, -0.05) is 90.0 Å². The Morgan fingerprint density at radius 1 is 0.795 bits per heavy atom. The molecule has 0 unspecified atom stereocenters. The molecule has 4 aromatic rings. The Morgan fingerprint density at radius 3 is 2.02 bits per heavy atom. The van der Waals surface area contributed by atoms with Crippen LogP contribution in [0.1, 0.15) is 36.1 Å². The molecule has 0 aliphatic carbocycles. The number of nitrogens with zero attached hydrogens (tertiary/aromatic N) is 2. The molecule has 7 nitrogen and oxygen atoms in total. The summed E-state index contributed by atoms with van der Waals surface area (Å²) in [6, 6.07) is 29.0. The number of benzene rings is 4. The molecule has 0 aliphatic heterocycles. The second-order valence-electron chi connectivity index (χ2n) is 11.1. The van der Waals surface area contributed by atoms with Crippen LogP contribution in [0.4, 0.5) is 5.69 Å². The minimum atomic E-state index is -4.20. The zero-order valence-electron chi connectivity index (χ0n) is 25.4. The van der Waals surface area contributed by atoms with Crippen LogP contribution in [0.5, 0.6) is 0 Å². The molecule has 4 aromatic carbocycles. The molecule has 230 valence electrons. The number of halogens is 1. The quantitative estimate of drug-likeness (QED) is 0.198. The molecule has 0 aromatic heterocycles. The standard InChI is InChI=1S/C35H38ClN3O4S/c1-25(2)37-35(41)33(22-28-11-6-5-7-12-28)38(23-29-16-14-26(3)15-17-29)34(40)24-39(32-13-9-8-10-27(32)4)44(42,43)31-20-18-30(36)19-21-31/h5-21,25,33H,22-24H2,1-4H3,(H,37,41)/t33-/m0/s1. The minimum Gasteiger partial charge on any atom is -0.352 e. The number of para-hydroxylation sites is 1. The maximum atomic E-state index is 14.5. The monoisotopic (exact) mass is 631 g/mol. The van der Waals surface area contributed by atoms with E-state index in [2.05, 4.69) is 5.32 Å². The number of anilines is 1. The summed E-state index contributed by atoms with van der Waals surface area (Å²) in [5.41, 5.74) is 3.81. The molecule has 0 heterocycles. The second-order valence-corrected chi connectivity index (χ2v) is 13.4. The molecule has 0 fully saturated rings. The molecule has 44 heavy (non-hydrogen) atoms. The highest BCUT2D eigenvalue weighted by atomic mass is 35.5. The van der Waals surface area contributed by atoms with E-state index in [1.165, 1.54) is 29.2 Å². The number of aryl methyl sites for hydroxylation is 2. The molecule has 0 bridgehead atoms. The second kappa shape index (κ2) is 14.6. The molecule has 0 spiro atoms. The first kappa shape index (κ1) is 32.8. The van der Waals surface area contributed by atoms with Crippen molar-refractivity contribution < 1.29 is 18.0 Å². The van der Waals surface area contributed by atoms with Gasteiger partial charge in [0.05, 0.1) is 10.6 Å². The van der Waals surface area contributed by atoms with Crippen LogP contribution in [0.15, 0.2) is 108 Å². The number of nitrogens with one attached hydrogen (secondary N) is 1. The van der Waals surface area contributed by atoms with E-state index in [1.807, 2.05) is 81.4 Å². The summed E-state index contributed by atoms with van der Waals surface area (Å²) in [4.78, 5) is 29.7. The van der Waals surface area contributed by atoms with Gasteiger partial charge in [0.15, 0.2) is 0 Å². The van der Waals surface area contributed by atoms with Crippen LogP contribution in [0.2, 0.25) is 5.02 Å². The van der Waals surface area contributed by atoms with Gasteiger partial charge in [-0.2, -0.15) is 0 Å². The summed E-state index contributed by atoms with van der Waals surface area (Å²) in [6.07, 6.45) is 0.255. The van der Waals surface area contributed by atoms with Crippen molar-refractivity contribution >= 4 is 39.1 Å². The first-order chi connectivity index (χ1) is 21.0. The van der Waals surface area contributed by atoms with Gasteiger partial charge >= 0.3 is 0 Å². The van der Waals surface area contributed by atoms with Crippen LogP contribution >= 0.6 is 11.6 Å². The van der Waals surface area contributed by atoms with Gasteiger partial charge in [-0.05, 0) is 74.7 Å². The van der Waals surface area contributed by atoms with Gasteiger partial charge in [0.25, 0.3) is 10.0 Å². The van der Waals surface area contributed by atoms with Gasteiger partial charge in [0.1, 0.15) is 12.6 Å². The summed E-state index contributed by atoms with van der Waals surface area (Å²) in [6.45, 7) is 7.10. The average molecular weight is 632 g/mol. The predicted molar refractivity (Wildman–Crippen MR) is 176 cm³/mol. The SMILES string of the molecule is Cc1ccc(CN(C(=O)CN(c2ccccc2C)S(=O)(=O)c2ccc(Cl)cc2)[C@@H](Cc2ccccc2)C(=O)NC(C)C)cc1. The summed E-state index contributed by atoms with van der Waals surface area (Å²) < 4.78 is 29.4. The van der Waals surface area contributed by atoms with Crippen LogP contribution in [0, 0.1) is 13.8 Å². The van der Waals surface area contributed by atoms with E-state index >= 15 is 0 Å². The minimum absolute atomic E-state index is 0.00132. The normalized spacial score (nSPS) is 12.0. The van der Waals surface area contributed by atoms with Gasteiger partial charge in [-0.3, -0.25) is 13.9 Å². The van der Waals surface area contributed by atoms with E-state index in [-0.39, 0.29) is 29.8 Å². The topological polar surface area (TPSA) is 86.8 Å². The van der Waals surface area contributed by atoms with Crippen molar-refractivity contribution in [2.24, 2.45) is 0 Å². The van der Waals surface area contributed by atoms with Crippen molar-refractivity contribution in [3.05, 3.63) is 130 Å². The average Bonchev–Trinajstić information content (AvgIpc) is 2.99. The van der Waals surface area contributed by atoms with Gasteiger partial charge < -0.3 is 10.2 Å². The first-order valence-electron chi connectivity index (χ1n) is 14.5. The van der Waals surface area contributed by atoms with Crippen molar-refractivity contribution in [1.82, 2.24) is 10.2 Å². The van der Waals surface area contributed by atoms with Crippen LogP contribution in [-0.4, -0.2) is 43.8 Å². The van der Waals surface area contributed by atoms with E-state index in [4.69, 9.17) is 11.6 Å². The number of hydrogen-bond donors (Lipinski definition) is 1. The number of hydrogen-bond acceptors (Lipinski definition) is 4. The molecule has 0 saturated heterocycles. The third kappa shape index (κ3) is 8.27. The Hall–Kier alpha value is -4.14. The molecular weight excluding hydrogens is 594 g/mol. The van der Waals surface area contributed by atoms with Crippen molar-refractivity contribution in [1.29, 1.82) is 0 Å². The summed E-state index contributed by atoms with van der Waals surface area (Å²) >= 11 is 6.06. The molecule has 9 heteroatoms. The molecule has 1 N–H and O–H groups in total. The van der Waals surface area contributed by atoms with Gasteiger partial charge in [-0.15, -0.1) is 0 Å². The van der Waals surface area contributed by atoms with E-state index in [0.29, 0.717) is 16.3 Å². The molecule has 1 atom stereocenters. The molecule has 0 aliphatic rings. The van der Waals surface area contributed by atoms with Crippen LogP contribution < -0.4 is 9.62 Å². The smallest absolute Gasteiger partial charge is 0.264 e. The van der Waals surface area contributed by atoms with Crippen LogP contribution in [-0.2, 0) is 32.6 Å². The number of carbonyl (C=O) groups excluding carboxylic acids is 2. The van der Waals surface area contributed by atoms with Gasteiger partial charge in [-0.25, -0.2) is 8.42 Å². The van der Waals surface area contributed by atoms with Crippen LogP contribution in [0.3, 0.4) is 0 Å². The maximum Gasteiger partial charge on any atom is 0.264 e. The van der Waals surface area contributed by atoms with Crippen molar-refractivity contribution in [3.63, 3.8) is 0 Å². The lowest BCUT2D eigenvalue weighted by atomic mass is 10.0. The Morgan fingerprint density at radius 2 is 1.41 bits per heavy atom. The fourth-order valence-corrected chi connectivity index (χ4v) is 6.52. The van der Waals surface area contributed by atoms with E-state index < -0.39 is 28.5 Å². The number of amides is 2. The first-order valence-corrected chi connectivity index (χ1v) is 16.3. The van der Waals surface area contributed by atoms with Crippen molar-refractivity contribution in [2.45, 2.75) is 57.6 Å². The van der Waals surface area contributed by atoms with Crippen LogP contribution in [0.25, 0.3) is 0 Å². The van der Waals surface area contributed by atoms with E-state index in [0.717, 1.165) is 21.0 Å². The Kier molecular flexibility index (Phi) is 10.8. The van der Waals surface area contributed by atoms with E-state index in [9.17, 15) is 18.0 Å². The number of rotatable bonds is 12. The maximum absolute atomic E-state index is 14.5. The molecule has 4 rings (SSSR count). The lowest BCUT2D eigenvalue weighted by Crippen LogP contribution is -2.54. The zero-order valence-corrected chi connectivity index (χ0v) is 27.0. The third-order valence-electron chi connectivity index (χ3n) is 7.24. The summed E-state index contributed by atoms with van der Waals surface area (Å²) in [5.74, 6) is -0.821. The lowest BCUT2D eigenvalue weighted by Gasteiger charge is -2.34. The Balaban J connectivity index is 1.81. The zero-order chi connectivity index (χ0) is 31.9. The predicted octanol–water partition coefficient (Wildman–Crippen LogP) is 6.32. The lowest BCUT2D eigenvalue weighted by molar-refractivity contribution is -0.140. The number of sulfonamides is 1. The molecule has 2 amide bonds. The van der Waals surface area contributed by atoms with Gasteiger partial charge in [0.2, 0.25) is 11.8 Å². The highest BCUT2D eigenvalue weighted by Gasteiger charge is 2.35. The van der Waals surface area contributed by atoms with Crippen molar-refractivity contribution in [3.8, 4) is 0 Å². The van der Waals surface area contributed by atoms with Crippen molar-refractivity contribution in [2.75, 3.05) is 10.8 Å². The largest absolute Gasteiger partial charge is 0.352 e. The fourth-order valence-electron chi connectivity index (χ4n) is 4.92. The summed E-state index contributed by atoms with van der Waals surface area (Å²) in [5, 5.41) is 3.37. The fraction of sp³-hybridized carbons (Fsp3) is 0.257. The molecule has 0 radical (unpaired) electrons. The molecular formula is C35H38ClN3O4S. The highest BCUT2D eigenvalue weighted by molar-refractivity contribution is 7.92. The Bertz CT molecular complexity index is 1680. The van der Waals surface area contributed by atoms with Gasteiger partial charge in [0, 0.05) is 24.0 Å². The summed E-state index contributed by atoms with van der Waals surface area (Å²) in [7, 11) is -4.20. The molecule has 0 saturated carbocycles. The highest BCUT2D eigenvalue weighted by Crippen LogP contribution is 2.28. The van der Waals surface area contributed by atoms with E-state index in [1.54, 1.807) is 25.1 Å². The number of carbonyl (C=O) groups is 2. The Labute approximate surface area is 265 Å².